The highest BCUT2D eigenvalue weighted by atomic mass is 32.2. The fourth-order valence-corrected chi connectivity index (χ4v) is 3.71. The van der Waals surface area contributed by atoms with Crippen LogP contribution in [0.3, 0.4) is 0 Å². The molecule has 1 atom stereocenters. The lowest BCUT2D eigenvalue weighted by molar-refractivity contribution is -0.119. The summed E-state index contributed by atoms with van der Waals surface area (Å²) in [5, 5.41) is 12.5. The van der Waals surface area contributed by atoms with Crippen LogP contribution in [0.1, 0.15) is 27.9 Å². The summed E-state index contributed by atoms with van der Waals surface area (Å²) in [6, 6.07) is 12.2. The summed E-state index contributed by atoms with van der Waals surface area (Å²) in [7, 11) is 0. The van der Waals surface area contributed by atoms with Gasteiger partial charge in [-0.2, -0.15) is 0 Å². The molecule has 1 amide bonds. The highest BCUT2D eigenvalue weighted by molar-refractivity contribution is 7.99. The number of carbonyl (C=O) groups excluding carboxylic acids is 1. The van der Waals surface area contributed by atoms with E-state index in [1.165, 1.54) is 17.3 Å². The summed E-state index contributed by atoms with van der Waals surface area (Å²) in [6.45, 7) is 3.89. The van der Waals surface area contributed by atoms with E-state index in [2.05, 4.69) is 51.7 Å². The third-order valence-electron chi connectivity index (χ3n) is 3.45. The average molecular weight is 358 g/mol. The smallest absolute Gasteiger partial charge is 0.231 e. The fraction of sp³-hybridized carbons (Fsp3) is 0.235. The lowest BCUT2D eigenvalue weighted by Crippen LogP contribution is -2.30. The van der Waals surface area contributed by atoms with E-state index in [-0.39, 0.29) is 17.7 Å². The number of nitrogens with zero attached hydrogens (tertiary/aromatic N) is 2. The first kappa shape index (κ1) is 16.7. The van der Waals surface area contributed by atoms with Crippen LogP contribution in [0.25, 0.3) is 0 Å². The molecule has 0 saturated carbocycles. The first-order chi connectivity index (χ1) is 11.6. The number of aromatic nitrogens is 3. The van der Waals surface area contributed by atoms with Gasteiger partial charge in [0.05, 0.1) is 11.8 Å². The van der Waals surface area contributed by atoms with Crippen molar-refractivity contribution in [2.24, 2.45) is 0 Å². The van der Waals surface area contributed by atoms with E-state index in [0.29, 0.717) is 5.16 Å². The summed E-state index contributed by atoms with van der Waals surface area (Å²) in [5.41, 5.74) is 2.28. The Kier molecular flexibility index (Phi) is 5.32. The maximum atomic E-state index is 12.4. The van der Waals surface area contributed by atoms with E-state index in [4.69, 9.17) is 0 Å². The molecular formula is C17H18N4OS2. The van der Waals surface area contributed by atoms with Crippen molar-refractivity contribution in [1.82, 2.24) is 20.5 Å². The molecule has 7 heteroatoms. The third-order valence-corrected chi connectivity index (χ3v) is 5.24. The number of hydrogen-bond donors (Lipinski definition) is 2. The maximum absolute atomic E-state index is 12.4. The molecule has 0 saturated heterocycles. The number of thioether (sulfide) groups is 1. The van der Waals surface area contributed by atoms with Gasteiger partial charge in [0.25, 0.3) is 0 Å². The van der Waals surface area contributed by atoms with Gasteiger partial charge in [-0.15, -0.1) is 16.4 Å². The maximum Gasteiger partial charge on any atom is 0.231 e. The SMILES string of the molecule is Cc1ccc(C(NC(=O)CSc2n[nH]c(C)n2)c2cccs2)cc1. The molecule has 124 valence electrons. The number of rotatable bonds is 6. The Morgan fingerprint density at radius 1 is 1.29 bits per heavy atom. The standard InChI is InChI=1S/C17H18N4OS2/c1-11-5-7-13(8-6-11)16(14-4-3-9-23-14)19-15(22)10-24-17-18-12(2)20-21-17/h3-9,16H,10H2,1-2H3,(H,19,22)(H,18,20,21). The Morgan fingerprint density at radius 2 is 2.08 bits per heavy atom. The summed E-state index contributed by atoms with van der Waals surface area (Å²) < 4.78 is 0. The molecule has 1 aromatic carbocycles. The van der Waals surface area contributed by atoms with Crippen molar-refractivity contribution in [1.29, 1.82) is 0 Å². The Balaban J connectivity index is 1.69. The summed E-state index contributed by atoms with van der Waals surface area (Å²) in [6.07, 6.45) is 0. The largest absolute Gasteiger partial charge is 0.344 e. The van der Waals surface area contributed by atoms with Gasteiger partial charge in [0.2, 0.25) is 11.1 Å². The molecular weight excluding hydrogens is 340 g/mol. The van der Waals surface area contributed by atoms with E-state index in [0.717, 1.165) is 16.3 Å². The van der Waals surface area contributed by atoms with Gasteiger partial charge in [0.15, 0.2) is 0 Å². The molecule has 2 heterocycles. The molecule has 24 heavy (non-hydrogen) atoms. The van der Waals surface area contributed by atoms with Crippen LogP contribution in [-0.2, 0) is 4.79 Å². The van der Waals surface area contributed by atoms with E-state index < -0.39 is 0 Å². The molecule has 1 unspecified atom stereocenters. The minimum Gasteiger partial charge on any atom is -0.344 e. The van der Waals surface area contributed by atoms with Gasteiger partial charge in [-0.3, -0.25) is 9.89 Å². The first-order valence-corrected chi connectivity index (χ1v) is 9.39. The number of carbonyl (C=O) groups is 1. The van der Waals surface area contributed by atoms with Crippen molar-refractivity contribution in [3.63, 3.8) is 0 Å². The van der Waals surface area contributed by atoms with E-state index in [1.54, 1.807) is 11.3 Å². The van der Waals surface area contributed by atoms with E-state index in [9.17, 15) is 4.79 Å². The molecule has 0 spiro atoms. The first-order valence-electron chi connectivity index (χ1n) is 7.53. The minimum atomic E-state index is -0.132. The molecule has 3 aromatic rings. The zero-order chi connectivity index (χ0) is 16.9. The van der Waals surface area contributed by atoms with Gasteiger partial charge < -0.3 is 5.32 Å². The zero-order valence-electron chi connectivity index (χ0n) is 13.4. The van der Waals surface area contributed by atoms with Crippen molar-refractivity contribution in [3.05, 3.63) is 63.6 Å². The number of aryl methyl sites for hydroxylation is 2. The van der Waals surface area contributed by atoms with E-state index >= 15 is 0 Å². The monoisotopic (exact) mass is 358 g/mol. The van der Waals surface area contributed by atoms with Crippen LogP contribution in [0.4, 0.5) is 0 Å². The summed E-state index contributed by atoms with van der Waals surface area (Å²) in [4.78, 5) is 17.7. The lowest BCUT2D eigenvalue weighted by atomic mass is 10.0. The summed E-state index contributed by atoms with van der Waals surface area (Å²) in [5.74, 6) is 0.987. The number of amides is 1. The average Bonchev–Trinajstić information content (AvgIpc) is 3.23. The number of benzene rings is 1. The van der Waals surface area contributed by atoms with Crippen LogP contribution in [0.5, 0.6) is 0 Å². The number of H-pyrrole nitrogens is 1. The molecule has 0 radical (unpaired) electrons. The van der Waals surface area contributed by atoms with Crippen molar-refractivity contribution in [2.45, 2.75) is 25.0 Å². The molecule has 2 aromatic heterocycles. The highest BCUT2D eigenvalue weighted by Crippen LogP contribution is 2.26. The van der Waals surface area contributed by atoms with Crippen molar-refractivity contribution in [3.8, 4) is 0 Å². The van der Waals surface area contributed by atoms with Gasteiger partial charge in [0.1, 0.15) is 5.82 Å². The van der Waals surface area contributed by atoms with Gasteiger partial charge in [-0.05, 0) is 30.9 Å². The fourth-order valence-electron chi connectivity index (χ4n) is 2.25. The van der Waals surface area contributed by atoms with Crippen LogP contribution in [-0.4, -0.2) is 26.8 Å². The second kappa shape index (κ2) is 7.63. The molecule has 2 N–H and O–H groups in total. The highest BCUT2D eigenvalue weighted by Gasteiger charge is 2.18. The van der Waals surface area contributed by atoms with Crippen LogP contribution in [0.2, 0.25) is 0 Å². The van der Waals surface area contributed by atoms with Crippen molar-refractivity contribution in [2.75, 3.05) is 5.75 Å². The molecule has 0 aliphatic rings. The Labute approximate surface area is 148 Å². The molecule has 3 rings (SSSR count). The van der Waals surface area contributed by atoms with Crippen LogP contribution < -0.4 is 5.32 Å². The predicted molar refractivity (Wildman–Crippen MR) is 97.3 cm³/mol. The second-order valence-electron chi connectivity index (χ2n) is 5.42. The van der Waals surface area contributed by atoms with E-state index in [1.807, 2.05) is 24.4 Å². The number of hydrogen-bond acceptors (Lipinski definition) is 5. The van der Waals surface area contributed by atoms with Gasteiger partial charge in [0, 0.05) is 4.88 Å². The third kappa shape index (κ3) is 4.24. The number of thiophene rings is 1. The summed E-state index contributed by atoms with van der Waals surface area (Å²) >= 11 is 2.96. The molecule has 0 fully saturated rings. The molecule has 0 aliphatic carbocycles. The molecule has 0 aliphatic heterocycles. The quantitative estimate of drug-likeness (QED) is 0.662. The van der Waals surface area contributed by atoms with Crippen LogP contribution in [0, 0.1) is 13.8 Å². The number of nitrogens with one attached hydrogen (secondary N) is 2. The van der Waals surface area contributed by atoms with Gasteiger partial charge in [-0.25, -0.2) is 4.98 Å². The minimum absolute atomic E-state index is 0.0403. The zero-order valence-corrected chi connectivity index (χ0v) is 15.1. The topological polar surface area (TPSA) is 70.7 Å². The van der Waals surface area contributed by atoms with Crippen LogP contribution in [0.15, 0.2) is 46.9 Å². The molecule has 5 nitrogen and oxygen atoms in total. The lowest BCUT2D eigenvalue weighted by Gasteiger charge is -2.18. The Hall–Kier alpha value is -2.12. The number of aromatic amines is 1. The van der Waals surface area contributed by atoms with Crippen molar-refractivity contribution >= 4 is 29.0 Å². The predicted octanol–water partition coefficient (Wildman–Crippen LogP) is 3.48. The normalized spacial score (nSPS) is 12.1. The second-order valence-corrected chi connectivity index (χ2v) is 7.34. The van der Waals surface area contributed by atoms with Crippen molar-refractivity contribution < 1.29 is 4.79 Å². The Bertz CT molecular complexity index is 796. The Morgan fingerprint density at radius 3 is 2.71 bits per heavy atom. The van der Waals surface area contributed by atoms with Gasteiger partial charge >= 0.3 is 0 Å². The molecule has 0 bridgehead atoms. The van der Waals surface area contributed by atoms with Crippen LogP contribution >= 0.6 is 23.1 Å². The van der Waals surface area contributed by atoms with Gasteiger partial charge in [-0.1, -0.05) is 47.7 Å².